The number of hydrogen-bond acceptors (Lipinski definition) is 6. The van der Waals surface area contributed by atoms with Gasteiger partial charge in [0.05, 0.1) is 11.7 Å². The lowest BCUT2D eigenvalue weighted by molar-refractivity contribution is 0.196. The van der Waals surface area contributed by atoms with Crippen LogP contribution in [0.5, 0.6) is 5.75 Å². The van der Waals surface area contributed by atoms with Crippen molar-refractivity contribution < 1.29 is 13.9 Å². The molecule has 5 aromatic rings. The van der Waals surface area contributed by atoms with Crippen molar-refractivity contribution in [3.05, 3.63) is 72.3 Å². The van der Waals surface area contributed by atoms with E-state index in [1.54, 1.807) is 30.2 Å². The number of halogens is 1. The van der Waals surface area contributed by atoms with E-state index in [4.69, 9.17) is 4.74 Å². The molecule has 0 saturated carbocycles. The molecule has 4 heterocycles. The molecule has 1 amide bonds. The second-order valence-corrected chi connectivity index (χ2v) is 8.98. The highest BCUT2D eigenvalue weighted by Crippen LogP contribution is 2.30. The van der Waals surface area contributed by atoms with E-state index in [0.29, 0.717) is 28.1 Å². The maximum absolute atomic E-state index is 13.7. The Morgan fingerprint density at radius 2 is 2.11 bits per heavy atom. The molecule has 0 unspecified atom stereocenters. The summed E-state index contributed by atoms with van der Waals surface area (Å²) in [5.41, 5.74) is 3.87. The zero-order valence-electron chi connectivity index (χ0n) is 19.6. The van der Waals surface area contributed by atoms with Crippen molar-refractivity contribution in [1.82, 2.24) is 34.9 Å². The Hall–Kier alpha value is -4.31. The van der Waals surface area contributed by atoms with Gasteiger partial charge in [0.15, 0.2) is 16.9 Å². The van der Waals surface area contributed by atoms with Gasteiger partial charge in [0.25, 0.3) is 0 Å². The minimum absolute atomic E-state index is 0.00772. The van der Waals surface area contributed by atoms with Crippen LogP contribution in [0.1, 0.15) is 12.0 Å². The number of H-pyrrole nitrogens is 1. The highest BCUT2D eigenvalue weighted by Gasteiger charge is 2.25. The molecule has 2 N–H and O–H groups in total. The molecule has 1 fully saturated rings. The Labute approximate surface area is 205 Å². The highest BCUT2D eigenvalue weighted by molar-refractivity contribution is 5.93. The van der Waals surface area contributed by atoms with Crippen LogP contribution in [0, 0.1) is 5.82 Å². The number of aryl methyl sites for hydroxylation is 1. The zero-order valence-corrected chi connectivity index (χ0v) is 19.6. The molecule has 3 aromatic heterocycles. The summed E-state index contributed by atoms with van der Waals surface area (Å²) in [6.07, 6.45) is 3.48. The van der Waals surface area contributed by atoms with Crippen molar-refractivity contribution in [3.8, 4) is 17.1 Å². The van der Waals surface area contributed by atoms with Crippen LogP contribution < -0.4 is 10.1 Å². The number of hydrogen-bond donors (Lipinski definition) is 2. The molecule has 9 nitrogen and oxygen atoms in total. The largest absolute Gasteiger partial charge is 0.412 e. The van der Waals surface area contributed by atoms with Crippen LogP contribution in [0.4, 0.5) is 9.18 Å². The quantitative estimate of drug-likeness (QED) is 0.390. The molecule has 2 aromatic carbocycles. The van der Waals surface area contributed by atoms with E-state index in [1.807, 2.05) is 18.2 Å². The average molecular weight is 486 g/mol. The average Bonchev–Trinajstić information content (AvgIpc) is 3.57. The SMILES string of the molecule is Cn1nc(-c2cnc3[nH]cc(OC(=O)N[C@@H]4CCN(Cc5ccccc5)C4)c3n2)c2ccc(F)cc21. The lowest BCUT2D eigenvalue weighted by Crippen LogP contribution is -2.38. The predicted octanol–water partition coefficient (Wildman–Crippen LogP) is 4.01. The van der Waals surface area contributed by atoms with Crippen LogP contribution in [0.15, 0.2) is 60.9 Å². The third-order valence-electron chi connectivity index (χ3n) is 6.45. The Kier molecular flexibility index (Phi) is 5.57. The standard InChI is InChI=1S/C26H24FN7O2/c1-33-21-11-17(27)7-8-19(21)23(32-33)20-12-28-25-24(31-20)22(13-29-25)36-26(35)30-18-9-10-34(15-18)14-16-5-3-2-4-6-16/h2-8,11-13,18H,9-10,14-15H2,1H3,(H,28,29)(H,30,35)/t18-/m1/s1. The number of aromatic nitrogens is 5. The van der Waals surface area contributed by atoms with Crippen molar-refractivity contribution in [2.45, 2.75) is 19.0 Å². The number of carbonyl (C=O) groups is 1. The fourth-order valence-electron chi connectivity index (χ4n) is 4.71. The van der Waals surface area contributed by atoms with Crippen molar-refractivity contribution in [1.29, 1.82) is 0 Å². The minimum Gasteiger partial charge on any atom is -0.406 e. The van der Waals surface area contributed by atoms with Crippen LogP contribution in [0.2, 0.25) is 0 Å². The molecule has 1 aliphatic rings. The Morgan fingerprint density at radius 1 is 1.25 bits per heavy atom. The maximum atomic E-state index is 13.7. The normalized spacial score (nSPS) is 16.1. The number of rotatable bonds is 5. The van der Waals surface area contributed by atoms with Gasteiger partial charge in [0, 0.05) is 44.3 Å². The third-order valence-corrected chi connectivity index (χ3v) is 6.45. The van der Waals surface area contributed by atoms with Crippen LogP contribution in [-0.2, 0) is 13.6 Å². The van der Waals surface area contributed by atoms with Gasteiger partial charge in [-0.1, -0.05) is 30.3 Å². The van der Waals surface area contributed by atoms with Gasteiger partial charge in [-0.05, 0) is 30.2 Å². The smallest absolute Gasteiger partial charge is 0.406 e. The highest BCUT2D eigenvalue weighted by atomic mass is 19.1. The van der Waals surface area contributed by atoms with Crippen molar-refractivity contribution >= 4 is 28.2 Å². The summed E-state index contributed by atoms with van der Waals surface area (Å²) in [6.45, 7) is 2.52. The number of nitrogens with zero attached hydrogens (tertiary/aromatic N) is 5. The van der Waals surface area contributed by atoms with E-state index in [2.05, 4.69) is 42.4 Å². The van der Waals surface area contributed by atoms with Crippen LogP contribution in [-0.4, -0.2) is 54.9 Å². The Balaban J connectivity index is 1.17. The number of benzene rings is 2. The number of fused-ring (bicyclic) bond motifs is 2. The lowest BCUT2D eigenvalue weighted by Gasteiger charge is -2.16. The van der Waals surface area contributed by atoms with Crippen LogP contribution in [0.25, 0.3) is 33.5 Å². The van der Waals surface area contributed by atoms with Crippen LogP contribution >= 0.6 is 0 Å². The maximum Gasteiger partial charge on any atom is 0.412 e. The number of amides is 1. The first kappa shape index (κ1) is 22.2. The molecular weight excluding hydrogens is 461 g/mol. The first-order chi connectivity index (χ1) is 17.5. The van der Waals surface area contributed by atoms with Gasteiger partial charge in [-0.25, -0.2) is 19.2 Å². The Bertz CT molecular complexity index is 1560. The molecular formula is C26H24FN7O2. The van der Waals surface area contributed by atoms with Gasteiger partial charge in [-0.15, -0.1) is 0 Å². The van der Waals surface area contributed by atoms with Gasteiger partial charge in [-0.2, -0.15) is 5.10 Å². The number of carbonyl (C=O) groups excluding carboxylic acids is 1. The second kappa shape index (κ2) is 9.04. The summed E-state index contributed by atoms with van der Waals surface area (Å²) in [5, 5.41) is 8.22. The predicted molar refractivity (Wildman–Crippen MR) is 133 cm³/mol. The van der Waals surface area contributed by atoms with Gasteiger partial charge in [0.2, 0.25) is 0 Å². The van der Waals surface area contributed by atoms with Gasteiger partial charge >= 0.3 is 6.09 Å². The molecule has 10 heteroatoms. The molecule has 0 spiro atoms. The van der Waals surface area contributed by atoms with Crippen LogP contribution in [0.3, 0.4) is 0 Å². The topological polar surface area (TPSA) is 101 Å². The molecule has 0 bridgehead atoms. The summed E-state index contributed by atoms with van der Waals surface area (Å²) >= 11 is 0. The molecule has 0 aliphatic carbocycles. The first-order valence-corrected chi connectivity index (χ1v) is 11.7. The first-order valence-electron chi connectivity index (χ1n) is 11.7. The summed E-state index contributed by atoms with van der Waals surface area (Å²) < 4.78 is 20.9. The van der Waals surface area contributed by atoms with Crippen molar-refractivity contribution in [2.24, 2.45) is 7.05 Å². The van der Waals surface area contributed by atoms with E-state index in [-0.39, 0.29) is 17.6 Å². The molecule has 6 rings (SSSR count). The molecule has 182 valence electrons. The van der Waals surface area contributed by atoms with Crippen molar-refractivity contribution in [3.63, 3.8) is 0 Å². The zero-order chi connectivity index (χ0) is 24.6. The van der Waals surface area contributed by atoms with E-state index in [1.165, 1.54) is 17.7 Å². The van der Waals surface area contributed by atoms with Gasteiger partial charge in [0.1, 0.15) is 17.2 Å². The van der Waals surface area contributed by atoms with Crippen molar-refractivity contribution in [2.75, 3.05) is 13.1 Å². The third kappa shape index (κ3) is 4.27. The van der Waals surface area contributed by atoms with E-state index >= 15 is 0 Å². The number of ether oxygens (including phenoxy) is 1. The van der Waals surface area contributed by atoms with Gasteiger partial charge in [-0.3, -0.25) is 9.58 Å². The summed E-state index contributed by atoms with van der Waals surface area (Å²) in [5.74, 6) is -0.0568. The van der Waals surface area contributed by atoms with Gasteiger partial charge < -0.3 is 15.0 Å². The fraction of sp³-hybridized carbons (Fsp3) is 0.231. The molecule has 0 radical (unpaired) electrons. The number of nitrogens with one attached hydrogen (secondary N) is 2. The minimum atomic E-state index is -0.534. The number of aromatic amines is 1. The lowest BCUT2D eigenvalue weighted by atomic mass is 10.1. The van der Waals surface area contributed by atoms with E-state index < -0.39 is 6.09 Å². The van der Waals surface area contributed by atoms with E-state index in [0.717, 1.165) is 31.4 Å². The molecule has 36 heavy (non-hydrogen) atoms. The number of likely N-dealkylation sites (tertiary alicyclic amines) is 1. The summed E-state index contributed by atoms with van der Waals surface area (Å²) in [7, 11) is 1.75. The molecule has 1 saturated heterocycles. The summed E-state index contributed by atoms with van der Waals surface area (Å²) in [6, 6.07) is 14.8. The fourth-order valence-corrected chi connectivity index (χ4v) is 4.71. The summed E-state index contributed by atoms with van der Waals surface area (Å²) in [4.78, 5) is 27.0. The molecule has 1 atom stereocenters. The Morgan fingerprint density at radius 3 is 2.97 bits per heavy atom. The second-order valence-electron chi connectivity index (χ2n) is 8.98. The molecule has 1 aliphatic heterocycles. The monoisotopic (exact) mass is 485 g/mol. The van der Waals surface area contributed by atoms with E-state index in [9.17, 15) is 9.18 Å².